The average Bonchev–Trinajstić information content (AvgIpc) is 1.89. The van der Waals surface area contributed by atoms with E-state index in [0.717, 1.165) is 18.9 Å². The predicted octanol–water partition coefficient (Wildman–Crippen LogP) is 1.07. The van der Waals surface area contributed by atoms with E-state index in [4.69, 9.17) is 5.73 Å². The van der Waals surface area contributed by atoms with E-state index in [1.165, 1.54) is 13.0 Å². The third-order valence-electron chi connectivity index (χ3n) is 2.45. The van der Waals surface area contributed by atoms with Crippen LogP contribution in [0.4, 0.5) is 0 Å². The Balaban J connectivity index is 2.55. The molecule has 2 heteroatoms. The highest BCUT2D eigenvalue weighted by Crippen LogP contribution is 2.21. The van der Waals surface area contributed by atoms with Crippen molar-refractivity contribution in [3.8, 4) is 0 Å². The van der Waals surface area contributed by atoms with E-state index in [-0.39, 0.29) is 5.54 Å². The van der Waals surface area contributed by atoms with Crippen molar-refractivity contribution < 1.29 is 0 Å². The molecular weight excluding hydrogens is 136 g/mol. The van der Waals surface area contributed by atoms with Gasteiger partial charge in [0.25, 0.3) is 0 Å². The quantitative estimate of drug-likeness (QED) is 0.568. The van der Waals surface area contributed by atoms with E-state index in [2.05, 4.69) is 25.8 Å². The Morgan fingerprint density at radius 1 is 1.55 bits per heavy atom. The summed E-state index contributed by atoms with van der Waals surface area (Å²) >= 11 is 0. The van der Waals surface area contributed by atoms with Crippen LogP contribution in [0.15, 0.2) is 0 Å². The van der Waals surface area contributed by atoms with Crippen LogP contribution in [0, 0.1) is 5.92 Å². The van der Waals surface area contributed by atoms with Gasteiger partial charge in [0.05, 0.1) is 0 Å². The smallest absolute Gasteiger partial charge is 0.0257 e. The largest absolute Gasteiger partial charge is 0.324 e. The molecule has 2 N–H and O–H groups in total. The van der Waals surface area contributed by atoms with Crippen molar-refractivity contribution in [3.63, 3.8) is 0 Å². The van der Waals surface area contributed by atoms with E-state index in [9.17, 15) is 0 Å². The van der Waals surface area contributed by atoms with Crippen LogP contribution in [-0.2, 0) is 0 Å². The number of nitrogens with two attached hydrogens (primary N) is 1. The van der Waals surface area contributed by atoms with E-state index in [1.54, 1.807) is 0 Å². The second-order valence-electron chi connectivity index (χ2n) is 4.49. The molecule has 1 rings (SSSR count). The van der Waals surface area contributed by atoms with Gasteiger partial charge in [-0.2, -0.15) is 0 Å². The summed E-state index contributed by atoms with van der Waals surface area (Å²) in [6, 6.07) is 0. The maximum absolute atomic E-state index is 6.12. The summed E-state index contributed by atoms with van der Waals surface area (Å²) in [5.74, 6) is 0.787. The van der Waals surface area contributed by atoms with Crippen molar-refractivity contribution in [2.45, 2.75) is 32.2 Å². The number of rotatable bonds is 0. The lowest BCUT2D eigenvalue weighted by molar-refractivity contribution is 0.278. The molecule has 0 saturated carbocycles. The molecule has 0 bridgehead atoms. The van der Waals surface area contributed by atoms with Gasteiger partial charge in [0.15, 0.2) is 0 Å². The van der Waals surface area contributed by atoms with Crippen molar-refractivity contribution in [3.05, 3.63) is 0 Å². The van der Waals surface area contributed by atoms with Gasteiger partial charge >= 0.3 is 0 Å². The molecule has 0 amide bonds. The molecule has 0 aromatic rings. The molecule has 11 heavy (non-hydrogen) atoms. The molecule has 1 aliphatic rings. The highest BCUT2D eigenvalue weighted by atomic mass is 15.1. The highest BCUT2D eigenvalue weighted by molar-refractivity contribution is 4.86. The predicted molar refractivity (Wildman–Crippen MR) is 48.5 cm³/mol. The molecule has 1 heterocycles. The third-order valence-corrected chi connectivity index (χ3v) is 2.45. The third kappa shape index (κ3) is 2.80. The Morgan fingerprint density at radius 2 is 2.18 bits per heavy atom. The van der Waals surface area contributed by atoms with Gasteiger partial charge in [-0.25, -0.2) is 0 Å². The van der Waals surface area contributed by atoms with E-state index < -0.39 is 0 Å². The zero-order chi connectivity index (χ0) is 8.48. The lowest BCUT2D eigenvalue weighted by Crippen LogP contribution is -2.45. The fourth-order valence-electron chi connectivity index (χ4n) is 2.10. The molecule has 1 aliphatic heterocycles. The molecule has 66 valence electrons. The second kappa shape index (κ2) is 3.11. The van der Waals surface area contributed by atoms with Crippen LogP contribution < -0.4 is 5.73 Å². The number of likely N-dealkylation sites (N-methyl/N-ethyl adjacent to an activating group) is 1. The van der Waals surface area contributed by atoms with Crippen molar-refractivity contribution in [2.75, 3.05) is 20.1 Å². The first-order valence-corrected chi connectivity index (χ1v) is 4.47. The second-order valence-corrected chi connectivity index (χ2v) is 4.49. The molecular formula is C9H20N2. The van der Waals surface area contributed by atoms with Crippen LogP contribution in [0.3, 0.4) is 0 Å². The minimum absolute atomic E-state index is 0.0324. The summed E-state index contributed by atoms with van der Waals surface area (Å²) in [6.07, 6.45) is 2.46. The SMILES string of the molecule is CC1CCN(C)CC(C)(N)C1. The Bertz CT molecular complexity index is 118. The number of likely N-dealkylation sites (tertiary alicyclic amines) is 1. The summed E-state index contributed by atoms with van der Waals surface area (Å²) < 4.78 is 0. The fourth-order valence-corrected chi connectivity index (χ4v) is 2.10. The van der Waals surface area contributed by atoms with E-state index in [1.807, 2.05) is 0 Å². The Labute approximate surface area is 69.8 Å². The summed E-state index contributed by atoms with van der Waals surface area (Å²) in [5, 5.41) is 0. The van der Waals surface area contributed by atoms with Crippen molar-refractivity contribution in [1.29, 1.82) is 0 Å². The highest BCUT2D eigenvalue weighted by Gasteiger charge is 2.26. The lowest BCUT2D eigenvalue weighted by Gasteiger charge is -2.27. The number of nitrogens with zero attached hydrogens (tertiary/aromatic N) is 1. The minimum Gasteiger partial charge on any atom is -0.324 e. The first-order valence-electron chi connectivity index (χ1n) is 4.47. The molecule has 2 nitrogen and oxygen atoms in total. The summed E-state index contributed by atoms with van der Waals surface area (Å²) in [6.45, 7) is 6.70. The maximum atomic E-state index is 6.12. The standard InChI is InChI=1S/C9H20N2/c1-8-4-5-11(3)7-9(2,10)6-8/h8H,4-7,10H2,1-3H3. The van der Waals surface area contributed by atoms with Gasteiger partial charge in [0.1, 0.15) is 0 Å². The zero-order valence-electron chi connectivity index (χ0n) is 7.93. The van der Waals surface area contributed by atoms with E-state index in [0.29, 0.717) is 0 Å². The Kier molecular flexibility index (Phi) is 2.55. The van der Waals surface area contributed by atoms with Crippen LogP contribution in [0.2, 0.25) is 0 Å². The molecule has 0 spiro atoms. The van der Waals surface area contributed by atoms with Gasteiger partial charge in [-0.1, -0.05) is 6.92 Å². The number of hydrogen-bond donors (Lipinski definition) is 1. The van der Waals surface area contributed by atoms with Gasteiger partial charge < -0.3 is 10.6 Å². The molecule has 0 aromatic heterocycles. The average molecular weight is 156 g/mol. The first kappa shape index (κ1) is 9.01. The summed E-state index contributed by atoms with van der Waals surface area (Å²) in [7, 11) is 2.16. The van der Waals surface area contributed by atoms with Gasteiger partial charge in [0.2, 0.25) is 0 Å². The van der Waals surface area contributed by atoms with Crippen LogP contribution in [-0.4, -0.2) is 30.6 Å². The zero-order valence-corrected chi connectivity index (χ0v) is 7.93. The van der Waals surface area contributed by atoms with Gasteiger partial charge in [-0.3, -0.25) is 0 Å². The summed E-state index contributed by atoms with van der Waals surface area (Å²) in [5.41, 5.74) is 6.15. The van der Waals surface area contributed by atoms with Crippen molar-refractivity contribution >= 4 is 0 Å². The van der Waals surface area contributed by atoms with E-state index >= 15 is 0 Å². The van der Waals surface area contributed by atoms with Crippen LogP contribution in [0.1, 0.15) is 26.7 Å². The molecule has 1 saturated heterocycles. The molecule has 2 unspecified atom stereocenters. The summed E-state index contributed by atoms with van der Waals surface area (Å²) in [4.78, 5) is 2.34. The molecule has 0 aromatic carbocycles. The van der Waals surface area contributed by atoms with Gasteiger partial charge in [0, 0.05) is 12.1 Å². The minimum atomic E-state index is 0.0324. The Hall–Kier alpha value is -0.0800. The molecule has 0 radical (unpaired) electrons. The van der Waals surface area contributed by atoms with Crippen LogP contribution in [0.25, 0.3) is 0 Å². The van der Waals surface area contributed by atoms with Gasteiger partial charge in [-0.05, 0) is 39.3 Å². The molecule has 1 fully saturated rings. The first-order chi connectivity index (χ1) is 4.99. The van der Waals surface area contributed by atoms with Gasteiger partial charge in [-0.15, -0.1) is 0 Å². The van der Waals surface area contributed by atoms with Crippen LogP contribution >= 0.6 is 0 Å². The fraction of sp³-hybridized carbons (Fsp3) is 1.00. The normalized spacial score (nSPS) is 42.0. The number of hydrogen-bond acceptors (Lipinski definition) is 2. The van der Waals surface area contributed by atoms with Crippen molar-refractivity contribution in [1.82, 2.24) is 4.90 Å². The lowest BCUT2D eigenvalue weighted by atomic mass is 9.91. The molecule has 2 atom stereocenters. The monoisotopic (exact) mass is 156 g/mol. The van der Waals surface area contributed by atoms with Crippen molar-refractivity contribution in [2.24, 2.45) is 11.7 Å². The Morgan fingerprint density at radius 3 is 2.82 bits per heavy atom. The maximum Gasteiger partial charge on any atom is 0.0257 e. The topological polar surface area (TPSA) is 29.3 Å². The molecule has 0 aliphatic carbocycles. The van der Waals surface area contributed by atoms with Crippen LogP contribution in [0.5, 0.6) is 0 Å².